The number of rotatable bonds is 28. The molecule has 0 radical (unpaired) electrons. The molecule has 0 fully saturated rings. The summed E-state index contributed by atoms with van der Waals surface area (Å²) >= 11 is -3.10. The van der Waals surface area contributed by atoms with Gasteiger partial charge in [-0.25, -0.2) is 0 Å². The number of unbranched alkanes of at least 4 members (excludes halogenated alkanes) is 16. The van der Waals surface area contributed by atoms with Crippen LogP contribution in [0.3, 0.4) is 0 Å². The van der Waals surface area contributed by atoms with Crippen molar-refractivity contribution in [2.75, 3.05) is 6.61 Å². The Bertz CT molecular complexity index is 984. The van der Waals surface area contributed by atoms with Gasteiger partial charge >= 0.3 is 239 Å². The van der Waals surface area contributed by atoms with E-state index in [2.05, 4.69) is 51.2 Å². The normalized spacial score (nSPS) is 16.3. The van der Waals surface area contributed by atoms with E-state index in [4.69, 9.17) is 9.72 Å². The quantitative estimate of drug-likeness (QED) is 0.0527. The maximum atomic E-state index is 13.1. The number of ether oxygens (including phenoxy) is 1. The molecule has 2 rings (SSSR count). The van der Waals surface area contributed by atoms with Crippen molar-refractivity contribution in [2.45, 2.75) is 186 Å². The Morgan fingerprint density at radius 2 is 1.22 bits per heavy atom. The molecule has 1 N–H and O–H groups in total. The molecule has 1 aromatic heterocycles. The van der Waals surface area contributed by atoms with Gasteiger partial charge in [0.2, 0.25) is 0 Å². The third-order valence-corrected chi connectivity index (χ3v) is 27.9. The molecule has 0 amide bonds. The molecule has 2 heterocycles. The summed E-state index contributed by atoms with van der Waals surface area (Å²) in [6.07, 6.45) is 36.3. The standard InChI is InChI=1S/C29H45N2O2.3C4H9.Sn/c1-3-5-6-7-8-9-10-11-12-13-14-15-16-17-18-25-19-21-30-27(23-25)28-24-26(20-22-31-28)29(32)33-4-2;3*1-3-4-2;/h19-24,31H,3-18H2,1-2H3;3*1,3-4H2,2H3;. The minimum atomic E-state index is -3.10. The van der Waals surface area contributed by atoms with Crippen molar-refractivity contribution in [3.63, 3.8) is 0 Å². The first-order chi connectivity index (χ1) is 22.5. The summed E-state index contributed by atoms with van der Waals surface area (Å²) < 4.78 is 9.17. The van der Waals surface area contributed by atoms with Crippen molar-refractivity contribution in [3.8, 4) is 0 Å². The van der Waals surface area contributed by atoms with E-state index in [0.717, 1.165) is 12.1 Å². The first-order valence-electron chi connectivity index (χ1n) is 19.8. The molecular formula is C41H72N2O2Sn. The fourth-order valence-electron chi connectivity index (χ4n) is 7.53. The Balaban J connectivity index is 2.13. The monoisotopic (exact) mass is 744 g/mol. The van der Waals surface area contributed by atoms with Crippen LogP contribution in [0, 0.1) is 0 Å². The molecule has 0 bridgehead atoms. The Morgan fingerprint density at radius 3 is 1.72 bits per heavy atom. The van der Waals surface area contributed by atoms with E-state index in [1.807, 2.05) is 25.4 Å². The predicted octanol–water partition coefficient (Wildman–Crippen LogP) is 12.3. The summed E-state index contributed by atoms with van der Waals surface area (Å²) in [6.45, 7) is 11.6. The SMILES string of the molecule is CCCCCCCCCCCCCCCCc1ccnc([C]2([Sn]([CH2]CCC)([CH2]CCC)[CH2]CCC)C=C(C(=O)OCC)C=CN2)c1. The fourth-order valence-corrected chi connectivity index (χ4v) is 26.2. The van der Waals surface area contributed by atoms with E-state index in [-0.39, 0.29) is 9.52 Å². The molecule has 0 saturated carbocycles. The first-order valence-corrected chi connectivity index (χ1v) is 27.3. The van der Waals surface area contributed by atoms with Crippen LogP contribution in [0.4, 0.5) is 0 Å². The van der Waals surface area contributed by atoms with Gasteiger partial charge in [0.1, 0.15) is 0 Å². The van der Waals surface area contributed by atoms with Gasteiger partial charge < -0.3 is 0 Å². The van der Waals surface area contributed by atoms with Crippen LogP contribution in [0.15, 0.2) is 42.3 Å². The molecule has 1 unspecified atom stereocenters. The number of nitrogens with zero attached hydrogens (tertiary/aromatic N) is 1. The molecule has 0 spiro atoms. The van der Waals surface area contributed by atoms with Crippen molar-refractivity contribution >= 4 is 24.3 Å². The number of aromatic nitrogens is 1. The van der Waals surface area contributed by atoms with Gasteiger partial charge in [0.25, 0.3) is 0 Å². The van der Waals surface area contributed by atoms with Crippen LogP contribution in [-0.4, -0.2) is 35.9 Å². The van der Waals surface area contributed by atoms with Crippen LogP contribution in [0.1, 0.15) is 174 Å². The zero-order chi connectivity index (χ0) is 33.4. The number of carbonyl (C=O) groups excluding carboxylic acids is 1. The number of pyridine rings is 1. The molecule has 4 nitrogen and oxygen atoms in total. The van der Waals surface area contributed by atoms with Crippen LogP contribution in [0.5, 0.6) is 0 Å². The summed E-state index contributed by atoms with van der Waals surface area (Å²) in [5, 5.41) is 3.96. The second-order valence-corrected chi connectivity index (χ2v) is 27.9. The number of carbonyl (C=O) groups is 1. The fraction of sp³-hybridized carbons (Fsp3) is 0.756. The van der Waals surface area contributed by atoms with Gasteiger partial charge in [-0.15, -0.1) is 0 Å². The number of nitrogens with one attached hydrogen (secondary N) is 1. The Morgan fingerprint density at radius 1 is 0.717 bits per heavy atom. The average Bonchev–Trinajstić information content (AvgIpc) is 3.08. The van der Waals surface area contributed by atoms with E-state index >= 15 is 0 Å². The topological polar surface area (TPSA) is 51.2 Å². The van der Waals surface area contributed by atoms with Gasteiger partial charge in [-0.05, 0) is 0 Å². The van der Waals surface area contributed by atoms with Crippen LogP contribution < -0.4 is 5.32 Å². The number of dihydropyridines is 1. The Labute approximate surface area is 289 Å². The van der Waals surface area contributed by atoms with Crippen LogP contribution >= 0.6 is 0 Å². The van der Waals surface area contributed by atoms with Gasteiger partial charge in [0, 0.05) is 0 Å². The number of aryl methyl sites for hydroxylation is 1. The van der Waals surface area contributed by atoms with E-state index in [1.165, 1.54) is 147 Å². The van der Waals surface area contributed by atoms with Crippen LogP contribution in [0.25, 0.3) is 0 Å². The molecule has 0 saturated heterocycles. The number of hydrogen-bond acceptors (Lipinski definition) is 4. The summed E-state index contributed by atoms with van der Waals surface area (Å²) in [4.78, 5) is 18.3. The molecule has 1 aromatic rings. The second kappa shape index (κ2) is 24.8. The zero-order valence-electron chi connectivity index (χ0n) is 30.9. The molecule has 0 aliphatic carbocycles. The molecule has 5 heteroatoms. The Kier molecular flexibility index (Phi) is 22.0. The maximum absolute atomic E-state index is 13.1. The number of esters is 1. The van der Waals surface area contributed by atoms with Crippen LogP contribution in [-0.2, 0) is 19.5 Å². The Hall–Kier alpha value is -1.30. The summed E-state index contributed by atoms with van der Waals surface area (Å²) in [5.41, 5.74) is 3.25. The minimum absolute atomic E-state index is 0.204. The molecule has 1 aliphatic heterocycles. The van der Waals surface area contributed by atoms with Crippen molar-refractivity contribution in [1.29, 1.82) is 0 Å². The molecule has 46 heavy (non-hydrogen) atoms. The van der Waals surface area contributed by atoms with E-state index in [0.29, 0.717) is 12.2 Å². The van der Waals surface area contributed by atoms with E-state index in [1.54, 1.807) is 0 Å². The molecule has 262 valence electrons. The molecule has 1 atom stereocenters. The first kappa shape index (κ1) is 40.9. The second-order valence-electron chi connectivity index (χ2n) is 14.1. The van der Waals surface area contributed by atoms with Gasteiger partial charge in [-0.3, -0.25) is 0 Å². The summed E-state index contributed by atoms with van der Waals surface area (Å²) in [7, 11) is 0. The summed E-state index contributed by atoms with van der Waals surface area (Å²) in [5.74, 6) is -0.204. The van der Waals surface area contributed by atoms with Crippen molar-refractivity contribution in [3.05, 3.63) is 53.5 Å². The van der Waals surface area contributed by atoms with Gasteiger partial charge in [0.15, 0.2) is 0 Å². The average molecular weight is 744 g/mol. The predicted molar refractivity (Wildman–Crippen MR) is 202 cm³/mol. The van der Waals surface area contributed by atoms with Crippen molar-refractivity contribution in [2.24, 2.45) is 0 Å². The third kappa shape index (κ3) is 13.7. The molecule has 1 aliphatic rings. The van der Waals surface area contributed by atoms with Gasteiger partial charge in [-0.2, -0.15) is 0 Å². The van der Waals surface area contributed by atoms with Gasteiger partial charge in [-0.1, -0.05) is 51.9 Å². The third-order valence-electron chi connectivity index (χ3n) is 10.4. The number of hydrogen-bond donors (Lipinski definition) is 1. The van der Waals surface area contributed by atoms with Gasteiger partial charge in [0.05, 0.1) is 0 Å². The van der Waals surface area contributed by atoms with Crippen molar-refractivity contribution < 1.29 is 9.53 Å². The summed E-state index contributed by atoms with van der Waals surface area (Å²) in [6, 6.07) is 4.64. The van der Waals surface area contributed by atoms with Crippen molar-refractivity contribution in [1.82, 2.24) is 10.3 Å². The molecule has 0 aromatic carbocycles. The molecular weight excluding hydrogens is 671 g/mol. The van der Waals surface area contributed by atoms with Crippen LogP contribution in [0.2, 0.25) is 13.3 Å². The van der Waals surface area contributed by atoms with E-state index < -0.39 is 18.4 Å². The van der Waals surface area contributed by atoms with E-state index in [9.17, 15) is 4.79 Å². The zero-order valence-corrected chi connectivity index (χ0v) is 33.8.